The van der Waals surface area contributed by atoms with E-state index >= 15 is 0 Å². The van der Waals surface area contributed by atoms with Gasteiger partial charge in [0, 0.05) is 73.3 Å². The number of benzene rings is 2. The second kappa shape index (κ2) is 38.5. The van der Waals surface area contributed by atoms with E-state index in [0.717, 1.165) is 30.2 Å². The van der Waals surface area contributed by atoms with Crippen molar-refractivity contribution >= 4 is 144 Å². The Morgan fingerprint density at radius 2 is 1.21 bits per heavy atom. The molecule has 369 valence electrons. The number of rotatable bonds is 7. The summed E-state index contributed by atoms with van der Waals surface area (Å²) in [6.07, 6.45) is 6.26. The molecule has 1 radical (unpaired) electrons. The molecular formula is C46H58Cl7I2N7O4V. The van der Waals surface area contributed by atoms with E-state index in [2.05, 4.69) is 72.0 Å². The van der Waals surface area contributed by atoms with Crippen LogP contribution in [0.5, 0.6) is 0 Å². The first kappa shape index (κ1) is 73.7. The van der Waals surface area contributed by atoms with Gasteiger partial charge in [0.25, 0.3) is 0 Å². The molecule has 11 nitrogen and oxygen atoms in total. The van der Waals surface area contributed by atoms with Crippen LogP contribution < -0.4 is 11.4 Å². The van der Waals surface area contributed by atoms with E-state index in [1.807, 2.05) is 93.0 Å². The third-order valence-corrected chi connectivity index (χ3v) is 8.52. The summed E-state index contributed by atoms with van der Waals surface area (Å²) in [5, 5.41) is 19.4. The number of nitrogens with zero attached hydrogens (tertiary/aromatic N) is 6. The number of hydrogen-bond donors (Lipinski definition) is 1. The number of nitrogens with two attached hydrogens (primary N) is 1. The number of carbonyl (C=O) groups excluding carboxylic acids is 2. The second-order valence-corrected chi connectivity index (χ2v) is 17.3. The Morgan fingerprint density at radius 3 is 1.57 bits per heavy atom. The van der Waals surface area contributed by atoms with Gasteiger partial charge >= 0.3 is 15.6 Å². The van der Waals surface area contributed by atoms with Crippen molar-refractivity contribution in [2.75, 3.05) is 20.9 Å². The molecule has 3 aromatic heterocycles. The molecule has 0 fully saturated rings. The Morgan fingerprint density at radius 1 is 0.791 bits per heavy atom. The normalized spacial score (nSPS) is 9.67. The first-order valence-corrected chi connectivity index (χ1v) is 25.7. The number of pyridine rings is 2. The van der Waals surface area contributed by atoms with Gasteiger partial charge in [0.15, 0.2) is 5.78 Å². The van der Waals surface area contributed by atoms with Gasteiger partial charge in [-0.05, 0) is 138 Å². The van der Waals surface area contributed by atoms with E-state index in [9.17, 15) is 19.6 Å². The van der Waals surface area contributed by atoms with Crippen LogP contribution in [0.2, 0.25) is 10.0 Å². The predicted octanol–water partition coefficient (Wildman–Crippen LogP) is 15.2. The number of nitriles is 2. The van der Waals surface area contributed by atoms with Crippen molar-refractivity contribution in [2.45, 2.75) is 84.0 Å². The van der Waals surface area contributed by atoms with Crippen molar-refractivity contribution in [1.29, 1.82) is 10.5 Å². The van der Waals surface area contributed by atoms with Crippen LogP contribution in [-0.2, 0) is 46.0 Å². The molecule has 0 atom stereocenters. The van der Waals surface area contributed by atoms with Crippen LogP contribution in [0.4, 0.5) is 5.69 Å². The molecule has 0 aliphatic heterocycles. The number of ether oxygens (including phenoxy) is 1. The maximum Gasteiger partial charge on any atom is 0.340 e. The molecule has 21 heteroatoms. The number of anilines is 1. The first-order chi connectivity index (χ1) is 30.0. The van der Waals surface area contributed by atoms with E-state index in [1.165, 1.54) is 4.57 Å². The smallest absolute Gasteiger partial charge is 0.340 e. The van der Waals surface area contributed by atoms with Crippen molar-refractivity contribution < 1.29 is 32.9 Å². The van der Waals surface area contributed by atoms with Crippen LogP contribution >= 0.6 is 126 Å². The van der Waals surface area contributed by atoms with Crippen molar-refractivity contribution in [3.05, 3.63) is 129 Å². The topological polar surface area (TPSA) is 170 Å². The van der Waals surface area contributed by atoms with Gasteiger partial charge in [-0.25, -0.2) is 4.79 Å². The third kappa shape index (κ3) is 28.9. The maximum absolute atomic E-state index is 12.6. The molecule has 2 N–H and O–H groups in total. The average Bonchev–Trinajstić information content (AvgIpc) is 3.55. The SMILES string of the molecule is C.C.CC(=O)OC(Cl)(Cl)Cl.CC(C)(C#N)c1ccc(N)cc1.CCCC(=O)c1cc(Cl)ccn1.CI.CI.ClCCl.Cn1cc(-c2cc(Cl)ccn2)n(-c2ccc(C(C)(C)C#N)cc2)c1=O.[V]. The zero-order valence-corrected chi connectivity index (χ0v) is 48.0. The summed E-state index contributed by atoms with van der Waals surface area (Å²) in [6.45, 7) is 10.6. The molecule has 0 spiro atoms. The number of imidazole rings is 1. The van der Waals surface area contributed by atoms with Crippen LogP contribution in [0.1, 0.15) is 90.9 Å². The Labute approximate surface area is 471 Å². The zero-order chi connectivity index (χ0) is 49.8. The molecule has 0 amide bonds. The molecule has 0 bridgehead atoms. The number of Topliss-reactive ketones (excluding diaryl/α,β-unsaturated/α-hetero) is 1. The Bertz CT molecular complexity index is 2310. The summed E-state index contributed by atoms with van der Waals surface area (Å²) in [5.74, 6) is -0.565. The average molecular weight is 1330 g/mol. The van der Waals surface area contributed by atoms with Gasteiger partial charge in [-0.3, -0.25) is 24.1 Å². The van der Waals surface area contributed by atoms with Crippen molar-refractivity contribution in [1.82, 2.24) is 19.1 Å². The number of halogens is 9. The van der Waals surface area contributed by atoms with E-state index in [0.29, 0.717) is 39.2 Å². The number of aryl methyl sites for hydroxylation is 1. The molecular weight excluding hydrogens is 1270 g/mol. The van der Waals surface area contributed by atoms with Crippen LogP contribution in [0.3, 0.4) is 0 Å². The van der Waals surface area contributed by atoms with Crippen LogP contribution in [0.15, 0.2) is 96.2 Å². The largest absolute Gasteiger partial charge is 0.415 e. The minimum absolute atomic E-state index is 0. The molecule has 3 heterocycles. The van der Waals surface area contributed by atoms with E-state index in [-0.39, 0.29) is 50.2 Å². The molecule has 2 aromatic carbocycles. The fourth-order valence-electron chi connectivity index (χ4n) is 4.66. The fraction of sp³-hybridized carbons (Fsp3) is 0.370. The fourth-order valence-corrected chi connectivity index (χ4v) is 5.31. The predicted molar refractivity (Wildman–Crippen MR) is 298 cm³/mol. The standard InChI is InChI=1S/C19H17ClN4O.C10H12N2.C9H10ClNO.C3H3Cl3O2.CH2Cl2.2CH3I.2CH4.V/c1-19(2,12-21)13-4-6-15(7-5-13)24-17(11-23(3)18(24)25)16-10-14(20)8-9-22-16;1-10(2,7-11)8-3-5-9(12)6-4-8;1-2-3-9(12)8-6-7(10)4-5-11-8;1-2(7)8-3(4,5)6;2-1-3;2*1-2;;;/h4-11H,1-3H3;3-6H,12H2,1-2H3;4-6H,2-3H2,1H3;1H3;1H2;2*1H3;2*1H4;. The minimum atomic E-state index is -1.91. The molecule has 0 unspecified atom stereocenters. The number of esters is 1. The summed E-state index contributed by atoms with van der Waals surface area (Å²) in [7, 11) is 1.69. The second-order valence-electron chi connectivity index (χ2n) is 13.4. The quantitative estimate of drug-likeness (QED) is 0.0548. The van der Waals surface area contributed by atoms with Gasteiger partial charge in [-0.1, -0.05) is 114 Å². The summed E-state index contributed by atoms with van der Waals surface area (Å²) in [6, 6.07) is 26.0. The molecule has 0 saturated heterocycles. The van der Waals surface area contributed by atoms with Crippen LogP contribution in [-0.4, -0.2) is 50.0 Å². The van der Waals surface area contributed by atoms with Crippen LogP contribution in [0, 0.1) is 22.7 Å². The molecule has 0 saturated carbocycles. The van der Waals surface area contributed by atoms with Crippen molar-refractivity contribution in [3.8, 4) is 29.2 Å². The van der Waals surface area contributed by atoms with Crippen LogP contribution in [0.25, 0.3) is 17.1 Å². The van der Waals surface area contributed by atoms with Gasteiger partial charge in [0.05, 0.1) is 45.4 Å². The van der Waals surface area contributed by atoms with Gasteiger partial charge in [0.1, 0.15) is 5.69 Å². The van der Waals surface area contributed by atoms with E-state index < -0.39 is 20.8 Å². The molecule has 0 aliphatic rings. The minimum Gasteiger partial charge on any atom is -0.415 e. The molecule has 67 heavy (non-hydrogen) atoms. The Hall–Kier alpha value is -2.26. The zero-order valence-electron chi connectivity index (χ0n) is 37.0. The van der Waals surface area contributed by atoms with Gasteiger partial charge < -0.3 is 15.0 Å². The third-order valence-electron chi connectivity index (χ3n) is 7.82. The van der Waals surface area contributed by atoms with E-state index in [4.69, 9.17) is 92.2 Å². The Kier molecular flexibility index (Phi) is 42.3. The summed E-state index contributed by atoms with van der Waals surface area (Å²) in [5.41, 5.74) is 9.41. The number of alkyl halides is 7. The first-order valence-electron chi connectivity index (χ1n) is 18.4. The number of hydrogen-bond acceptors (Lipinski definition) is 9. The maximum atomic E-state index is 12.6. The molecule has 0 aliphatic carbocycles. The number of aromatic nitrogens is 4. The molecule has 5 rings (SSSR count). The van der Waals surface area contributed by atoms with E-state index in [1.54, 1.807) is 54.5 Å². The summed E-state index contributed by atoms with van der Waals surface area (Å²) < 4.78 is 5.27. The van der Waals surface area contributed by atoms with Crippen molar-refractivity contribution in [2.24, 2.45) is 7.05 Å². The number of ketones is 1. The Balaban J connectivity index is -0.000000260. The molecule has 5 aromatic rings. The summed E-state index contributed by atoms with van der Waals surface area (Å²) in [4.78, 5) is 46.0. The van der Waals surface area contributed by atoms with Gasteiger partial charge in [-0.2, -0.15) is 10.5 Å². The van der Waals surface area contributed by atoms with Gasteiger partial charge in [0.2, 0.25) is 0 Å². The summed E-state index contributed by atoms with van der Waals surface area (Å²) >= 11 is 40.6. The number of carbonyl (C=O) groups is 2. The number of nitrogen functional groups attached to an aromatic ring is 1. The van der Waals surface area contributed by atoms with Gasteiger partial charge in [-0.15, -0.1) is 23.2 Å². The van der Waals surface area contributed by atoms with Crippen molar-refractivity contribution in [3.63, 3.8) is 0 Å². The monoisotopic (exact) mass is 1320 g/mol.